The second kappa shape index (κ2) is 9.00. The number of carbonyl (C=O) groups excluding carboxylic acids is 1. The molecule has 0 fully saturated rings. The van der Waals surface area contributed by atoms with E-state index in [9.17, 15) is 4.79 Å². The van der Waals surface area contributed by atoms with Crippen molar-refractivity contribution in [2.75, 3.05) is 6.54 Å². The standard InChI is InChI=1S/C15H21BrN2O2S/c1-4-5-8-17-15(21)18-14(19)12-9-11(16)6-7-13(12)20-10(2)3/h6-7,9-10H,4-5,8H2,1-3H3,(H2,17,18,19,21). The normalized spacial score (nSPS) is 10.3. The van der Waals surface area contributed by atoms with Crippen LogP contribution in [0.5, 0.6) is 5.75 Å². The van der Waals surface area contributed by atoms with Crippen molar-refractivity contribution in [2.45, 2.75) is 39.7 Å². The van der Waals surface area contributed by atoms with Crippen LogP contribution in [0.2, 0.25) is 0 Å². The molecule has 0 aliphatic heterocycles. The summed E-state index contributed by atoms with van der Waals surface area (Å²) in [5.74, 6) is 0.267. The Morgan fingerprint density at radius 2 is 2.14 bits per heavy atom. The number of halogens is 1. The van der Waals surface area contributed by atoms with Gasteiger partial charge < -0.3 is 10.1 Å². The highest BCUT2D eigenvalue weighted by Gasteiger charge is 2.15. The second-order valence-corrected chi connectivity index (χ2v) is 6.19. The molecular weight excluding hydrogens is 352 g/mol. The number of unbranched alkanes of at least 4 members (excludes halogenated alkanes) is 1. The molecule has 1 aromatic rings. The second-order valence-electron chi connectivity index (χ2n) is 4.87. The van der Waals surface area contributed by atoms with Crippen LogP contribution in [0.25, 0.3) is 0 Å². The van der Waals surface area contributed by atoms with Gasteiger partial charge in [0.25, 0.3) is 5.91 Å². The quantitative estimate of drug-likeness (QED) is 0.591. The molecule has 0 spiro atoms. The Labute approximate surface area is 139 Å². The lowest BCUT2D eigenvalue weighted by atomic mass is 10.2. The van der Waals surface area contributed by atoms with Crippen LogP contribution in [0.3, 0.4) is 0 Å². The van der Waals surface area contributed by atoms with Crippen LogP contribution in [0, 0.1) is 0 Å². The van der Waals surface area contributed by atoms with E-state index in [4.69, 9.17) is 17.0 Å². The summed E-state index contributed by atoms with van der Waals surface area (Å²) in [5, 5.41) is 6.02. The van der Waals surface area contributed by atoms with Gasteiger partial charge in [0.2, 0.25) is 0 Å². The Morgan fingerprint density at radius 3 is 2.76 bits per heavy atom. The number of benzene rings is 1. The molecule has 0 radical (unpaired) electrons. The van der Waals surface area contributed by atoms with E-state index in [2.05, 4.69) is 33.5 Å². The van der Waals surface area contributed by atoms with Gasteiger partial charge in [-0.15, -0.1) is 0 Å². The number of hydrogen-bond donors (Lipinski definition) is 2. The molecule has 21 heavy (non-hydrogen) atoms. The minimum absolute atomic E-state index is 0.00708. The van der Waals surface area contributed by atoms with E-state index in [0.29, 0.717) is 16.4 Å². The zero-order chi connectivity index (χ0) is 15.8. The third kappa shape index (κ3) is 6.44. The molecule has 0 aromatic heterocycles. The van der Waals surface area contributed by atoms with Gasteiger partial charge in [-0.3, -0.25) is 10.1 Å². The predicted molar refractivity (Wildman–Crippen MR) is 92.9 cm³/mol. The highest BCUT2D eigenvalue weighted by molar-refractivity contribution is 9.10. The number of hydrogen-bond acceptors (Lipinski definition) is 3. The number of amides is 1. The third-order valence-electron chi connectivity index (χ3n) is 2.59. The molecule has 2 N–H and O–H groups in total. The molecule has 1 aromatic carbocycles. The Kier molecular flexibility index (Phi) is 7.67. The van der Waals surface area contributed by atoms with Gasteiger partial charge >= 0.3 is 0 Å². The minimum Gasteiger partial charge on any atom is -0.490 e. The van der Waals surface area contributed by atoms with Crippen molar-refractivity contribution >= 4 is 39.2 Å². The number of rotatable bonds is 6. The Balaban J connectivity index is 2.76. The van der Waals surface area contributed by atoms with Crippen molar-refractivity contribution in [3.05, 3.63) is 28.2 Å². The molecule has 0 aliphatic rings. The number of thiocarbonyl (C=S) groups is 1. The average molecular weight is 373 g/mol. The van der Waals surface area contributed by atoms with E-state index >= 15 is 0 Å². The minimum atomic E-state index is -0.277. The monoisotopic (exact) mass is 372 g/mol. The van der Waals surface area contributed by atoms with Gasteiger partial charge in [-0.1, -0.05) is 29.3 Å². The van der Waals surface area contributed by atoms with E-state index in [-0.39, 0.29) is 12.0 Å². The SMILES string of the molecule is CCCCNC(=S)NC(=O)c1cc(Br)ccc1OC(C)C. The first-order chi connectivity index (χ1) is 9.93. The van der Waals surface area contributed by atoms with Crippen LogP contribution in [0.4, 0.5) is 0 Å². The van der Waals surface area contributed by atoms with Crippen molar-refractivity contribution in [2.24, 2.45) is 0 Å². The predicted octanol–water partition coefficient (Wildman–Crippen LogP) is 3.64. The molecule has 0 heterocycles. The first-order valence-electron chi connectivity index (χ1n) is 6.99. The molecule has 1 rings (SSSR count). The smallest absolute Gasteiger partial charge is 0.261 e. The zero-order valence-corrected chi connectivity index (χ0v) is 14.9. The maximum absolute atomic E-state index is 12.3. The van der Waals surface area contributed by atoms with E-state index in [1.807, 2.05) is 19.9 Å². The molecule has 0 aliphatic carbocycles. The van der Waals surface area contributed by atoms with Gasteiger partial charge in [0, 0.05) is 11.0 Å². The fourth-order valence-corrected chi connectivity index (χ4v) is 2.19. The van der Waals surface area contributed by atoms with Crippen molar-refractivity contribution in [3.63, 3.8) is 0 Å². The summed E-state index contributed by atoms with van der Waals surface area (Å²) >= 11 is 8.48. The third-order valence-corrected chi connectivity index (χ3v) is 3.33. The van der Waals surface area contributed by atoms with E-state index in [1.165, 1.54) is 0 Å². The lowest BCUT2D eigenvalue weighted by Crippen LogP contribution is -2.39. The van der Waals surface area contributed by atoms with Crippen molar-refractivity contribution in [1.82, 2.24) is 10.6 Å². The zero-order valence-electron chi connectivity index (χ0n) is 12.5. The van der Waals surface area contributed by atoms with Gasteiger partial charge in [0.15, 0.2) is 5.11 Å². The molecule has 0 saturated heterocycles. The number of nitrogens with one attached hydrogen (secondary N) is 2. The summed E-state index contributed by atoms with van der Waals surface area (Å²) in [4.78, 5) is 12.3. The van der Waals surface area contributed by atoms with Crippen LogP contribution in [-0.2, 0) is 0 Å². The number of ether oxygens (including phenoxy) is 1. The van der Waals surface area contributed by atoms with Crippen LogP contribution in [0.1, 0.15) is 44.0 Å². The molecule has 0 atom stereocenters. The van der Waals surface area contributed by atoms with Crippen molar-refractivity contribution in [1.29, 1.82) is 0 Å². The van der Waals surface area contributed by atoms with E-state index < -0.39 is 0 Å². The largest absolute Gasteiger partial charge is 0.490 e. The van der Waals surface area contributed by atoms with Crippen molar-refractivity contribution < 1.29 is 9.53 Å². The first kappa shape index (κ1) is 17.9. The van der Waals surface area contributed by atoms with Crippen LogP contribution in [-0.4, -0.2) is 23.7 Å². The Bertz CT molecular complexity index is 506. The Hall–Kier alpha value is -1.14. The molecule has 0 saturated carbocycles. The van der Waals surface area contributed by atoms with E-state index in [0.717, 1.165) is 23.9 Å². The number of carbonyl (C=O) groups is 1. The van der Waals surface area contributed by atoms with Gasteiger partial charge in [0.05, 0.1) is 11.7 Å². The molecular formula is C15H21BrN2O2S. The first-order valence-corrected chi connectivity index (χ1v) is 8.19. The summed E-state index contributed by atoms with van der Waals surface area (Å²) in [6, 6.07) is 5.33. The summed E-state index contributed by atoms with van der Waals surface area (Å²) in [7, 11) is 0. The van der Waals surface area contributed by atoms with Gasteiger partial charge in [-0.25, -0.2) is 0 Å². The Morgan fingerprint density at radius 1 is 1.43 bits per heavy atom. The average Bonchev–Trinajstić information content (AvgIpc) is 2.40. The summed E-state index contributed by atoms with van der Waals surface area (Å²) in [5.41, 5.74) is 0.456. The summed E-state index contributed by atoms with van der Waals surface area (Å²) in [6.07, 6.45) is 2.07. The molecule has 0 bridgehead atoms. The van der Waals surface area contributed by atoms with E-state index in [1.54, 1.807) is 12.1 Å². The molecule has 0 unspecified atom stereocenters. The molecule has 1 amide bonds. The lowest BCUT2D eigenvalue weighted by Gasteiger charge is -2.15. The van der Waals surface area contributed by atoms with Crippen LogP contribution in [0.15, 0.2) is 22.7 Å². The maximum Gasteiger partial charge on any atom is 0.261 e. The van der Waals surface area contributed by atoms with Crippen LogP contribution >= 0.6 is 28.1 Å². The highest BCUT2D eigenvalue weighted by atomic mass is 79.9. The summed E-state index contributed by atoms with van der Waals surface area (Å²) in [6.45, 7) is 6.69. The highest BCUT2D eigenvalue weighted by Crippen LogP contribution is 2.24. The fraction of sp³-hybridized carbons (Fsp3) is 0.467. The maximum atomic E-state index is 12.3. The fourth-order valence-electron chi connectivity index (χ4n) is 1.63. The molecule has 6 heteroatoms. The lowest BCUT2D eigenvalue weighted by molar-refractivity contribution is 0.0971. The van der Waals surface area contributed by atoms with Gasteiger partial charge in [-0.05, 0) is 50.7 Å². The van der Waals surface area contributed by atoms with Gasteiger partial charge in [0.1, 0.15) is 5.75 Å². The van der Waals surface area contributed by atoms with Crippen LogP contribution < -0.4 is 15.4 Å². The topological polar surface area (TPSA) is 50.4 Å². The van der Waals surface area contributed by atoms with Crippen molar-refractivity contribution in [3.8, 4) is 5.75 Å². The van der Waals surface area contributed by atoms with Gasteiger partial charge in [-0.2, -0.15) is 0 Å². The molecule has 4 nitrogen and oxygen atoms in total. The molecule has 116 valence electrons. The summed E-state index contributed by atoms with van der Waals surface area (Å²) < 4.78 is 6.47.